The smallest absolute Gasteiger partial charge is 0.410 e. The van der Waals surface area contributed by atoms with Gasteiger partial charge in [0.25, 0.3) is 0 Å². The Labute approximate surface area is 201 Å². The van der Waals surface area contributed by atoms with E-state index in [1.54, 1.807) is 17.0 Å². The van der Waals surface area contributed by atoms with Crippen LogP contribution in [0.5, 0.6) is 0 Å². The number of fused-ring (bicyclic) bond motifs is 3. The lowest BCUT2D eigenvalue weighted by Gasteiger charge is -2.29. The van der Waals surface area contributed by atoms with Crippen LogP contribution in [0.4, 0.5) is 4.79 Å². The highest BCUT2D eigenvalue weighted by molar-refractivity contribution is 9.10. The van der Waals surface area contributed by atoms with Gasteiger partial charge in [-0.1, -0.05) is 76.6 Å². The summed E-state index contributed by atoms with van der Waals surface area (Å²) in [6.45, 7) is 0.730. The van der Waals surface area contributed by atoms with Gasteiger partial charge in [0, 0.05) is 16.9 Å². The van der Waals surface area contributed by atoms with Crippen LogP contribution in [-0.2, 0) is 9.53 Å². The van der Waals surface area contributed by atoms with Gasteiger partial charge in [-0.3, -0.25) is 4.79 Å². The number of nitrogens with zero attached hydrogens (tertiary/aromatic N) is 1. The Hall–Kier alpha value is -3.12. The molecule has 0 aromatic heterocycles. The molecule has 0 radical (unpaired) electrons. The van der Waals surface area contributed by atoms with Crippen LogP contribution < -0.4 is 0 Å². The molecular weight excluding hydrogens is 482 g/mol. The normalized spacial score (nSPS) is 18.0. The third kappa shape index (κ3) is 4.04. The van der Waals surface area contributed by atoms with Gasteiger partial charge in [-0.05, 0) is 52.8 Å². The molecule has 6 heteroatoms. The summed E-state index contributed by atoms with van der Waals surface area (Å²) in [5.41, 5.74) is 5.35. The van der Waals surface area contributed by atoms with Crippen LogP contribution in [0, 0.1) is 0 Å². The first-order valence-electron chi connectivity index (χ1n) is 11.1. The Morgan fingerprint density at radius 3 is 2.18 bits per heavy atom. The number of hydrogen-bond donors (Lipinski definition) is 1. The van der Waals surface area contributed by atoms with Crippen LogP contribution in [0.15, 0.2) is 77.3 Å². The molecule has 1 N–H and O–H groups in total. The average molecular weight is 506 g/mol. The molecule has 0 unspecified atom stereocenters. The van der Waals surface area contributed by atoms with Crippen molar-refractivity contribution in [3.63, 3.8) is 0 Å². The third-order valence-corrected chi connectivity index (χ3v) is 7.28. The number of benzene rings is 3. The van der Waals surface area contributed by atoms with Gasteiger partial charge in [0.05, 0.1) is 6.04 Å². The molecule has 168 valence electrons. The molecule has 3 aromatic rings. The highest BCUT2D eigenvalue weighted by Crippen LogP contribution is 2.44. The molecule has 2 aliphatic rings. The molecule has 1 aliphatic carbocycles. The highest BCUT2D eigenvalue weighted by Gasteiger charge is 2.40. The molecule has 1 saturated heterocycles. The predicted molar refractivity (Wildman–Crippen MR) is 129 cm³/mol. The maximum Gasteiger partial charge on any atom is 0.410 e. The lowest BCUT2D eigenvalue weighted by Crippen LogP contribution is -2.42. The van der Waals surface area contributed by atoms with E-state index in [9.17, 15) is 14.7 Å². The van der Waals surface area contributed by atoms with E-state index >= 15 is 0 Å². The van der Waals surface area contributed by atoms with Gasteiger partial charge in [0.15, 0.2) is 0 Å². The zero-order valence-electron chi connectivity index (χ0n) is 18.0. The Morgan fingerprint density at radius 1 is 0.970 bits per heavy atom. The minimum absolute atomic E-state index is 0.0239. The quantitative estimate of drug-likeness (QED) is 0.459. The van der Waals surface area contributed by atoms with E-state index < -0.39 is 24.0 Å². The lowest BCUT2D eigenvalue weighted by molar-refractivity contribution is -0.140. The Kier molecular flexibility index (Phi) is 5.94. The number of carbonyl (C=O) groups is 2. The fourth-order valence-corrected chi connectivity index (χ4v) is 5.51. The molecule has 0 bridgehead atoms. The minimum atomic E-state index is -0.930. The molecule has 5 rings (SSSR count). The predicted octanol–water partition coefficient (Wildman–Crippen LogP) is 6.03. The molecule has 1 aliphatic heterocycles. The standard InChI is InChI=1S/C27H24BrNO4/c28-18-13-11-17(12-14-18)25(26(30)31)24-10-5-15-29(24)27(32)33-16-23-21-8-3-1-6-19(21)20-7-2-4-9-22(20)23/h1-4,6-9,11-14,23-25H,5,10,15-16H2,(H,30,31)/t24-,25+/m0/s1. The van der Waals surface area contributed by atoms with Crippen molar-refractivity contribution >= 4 is 28.0 Å². The molecule has 5 nitrogen and oxygen atoms in total. The topological polar surface area (TPSA) is 66.8 Å². The Balaban J connectivity index is 1.35. The van der Waals surface area contributed by atoms with E-state index in [4.69, 9.17) is 4.74 Å². The summed E-state index contributed by atoms with van der Waals surface area (Å²) in [5, 5.41) is 9.99. The molecule has 0 saturated carbocycles. The van der Waals surface area contributed by atoms with Crippen LogP contribution in [0.2, 0.25) is 0 Å². The second kappa shape index (κ2) is 9.02. The van der Waals surface area contributed by atoms with Gasteiger partial charge in [0.2, 0.25) is 0 Å². The van der Waals surface area contributed by atoms with E-state index in [0.717, 1.165) is 22.0 Å². The van der Waals surface area contributed by atoms with E-state index in [1.165, 1.54) is 11.1 Å². The summed E-state index contributed by atoms with van der Waals surface area (Å²) in [4.78, 5) is 26.9. The van der Waals surface area contributed by atoms with Crippen molar-refractivity contribution in [2.75, 3.05) is 13.2 Å². The van der Waals surface area contributed by atoms with Gasteiger partial charge >= 0.3 is 12.1 Å². The Bertz CT molecular complexity index is 1150. The van der Waals surface area contributed by atoms with E-state index in [-0.39, 0.29) is 12.5 Å². The van der Waals surface area contributed by atoms with Gasteiger partial charge in [-0.15, -0.1) is 0 Å². The monoisotopic (exact) mass is 505 g/mol. The maximum atomic E-state index is 13.2. The molecule has 1 heterocycles. The van der Waals surface area contributed by atoms with Crippen molar-refractivity contribution < 1.29 is 19.4 Å². The molecule has 33 heavy (non-hydrogen) atoms. The van der Waals surface area contributed by atoms with Crippen LogP contribution in [0.1, 0.15) is 41.4 Å². The molecule has 1 amide bonds. The average Bonchev–Trinajstić information content (AvgIpc) is 3.42. The number of carboxylic acids is 1. The number of carbonyl (C=O) groups excluding carboxylic acids is 1. The van der Waals surface area contributed by atoms with Crippen LogP contribution in [0.3, 0.4) is 0 Å². The third-order valence-electron chi connectivity index (χ3n) is 6.75. The first kappa shape index (κ1) is 21.7. The van der Waals surface area contributed by atoms with Crippen molar-refractivity contribution in [2.24, 2.45) is 0 Å². The van der Waals surface area contributed by atoms with Crippen LogP contribution in [-0.4, -0.2) is 41.3 Å². The van der Waals surface area contributed by atoms with Crippen molar-refractivity contribution in [2.45, 2.75) is 30.7 Å². The SMILES string of the molecule is O=C(O)[C@H](c1ccc(Br)cc1)[C@@H]1CCCN1C(=O)OCC1c2ccccc2-c2ccccc21. The second-order valence-corrected chi connectivity index (χ2v) is 9.49. The second-order valence-electron chi connectivity index (χ2n) is 8.57. The lowest BCUT2D eigenvalue weighted by atomic mass is 9.90. The molecule has 1 fully saturated rings. The molecular formula is C27H24BrNO4. The minimum Gasteiger partial charge on any atom is -0.481 e. The van der Waals surface area contributed by atoms with Crippen molar-refractivity contribution in [1.82, 2.24) is 4.90 Å². The Morgan fingerprint density at radius 2 is 1.58 bits per heavy atom. The van der Waals surface area contributed by atoms with Gasteiger partial charge in [-0.2, -0.15) is 0 Å². The number of rotatable bonds is 5. The number of halogens is 1. The van der Waals surface area contributed by atoms with E-state index in [1.807, 2.05) is 36.4 Å². The number of ether oxygens (including phenoxy) is 1. The van der Waals surface area contributed by atoms with Crippen molar-refractivity contribution in [3.8, 4) is 11.1 Å². The van der Waals surface area contributed by atoms with Crippen molar-refractivity contribution in [1.29, 1.82) is 0 Å². The van der Waals surface area contributed by atoms with E-state index in [2.05, 4.69) is 40.2 Å². The summed E-state index contributed by atoms with van der Waals surface area (Å²) < 4.78 is 6.71. The summed E-state index contributed by atoms with van der Waals surface area (Å²) in [6, 6.07) is 23.3. The zero-order valence-corrected chi connectivity index (χ0v) is 19.6. The molecule has 2 atom stereocenters. The summed E-state index contributed by atoms with van der Waals surface area (Å²) in [6.07, 6.45) is 0.953. The first-order valence-corrected chi connectivity index (χ1v) is 11.9. The maximum absolute atomic E-state index is 13.2. The van der Waals surface area contributed by atoms with Crippen molar-refractivity contribution in [3.05, 3.63) is 94.0 Å². The van der Waals surface area contributed by atoms with Crippen LogP contribution in [0.25, 0.3) is 11.1 Å². The number of likely N-dealkylation sites (tertiary alicyclic amines) is 1. The molecule has 3 aromatic carbocycles. The van der Waals surface area contributed by atoms with Crippen LogP contribution >= 0.6 is 15.9 Å². The number of aliphatic carboxylic acids is 1. The summed E-state index contributed by atoms with van der Waals surface area (Å²) in [7, 11) is 0. The summed E-state index contributed by atoms with van der Waals surface area (Å²) >= 11 is 3.39. The number of hydrogen-bond acceptors (Lipinski definition) is 3. The van der Waals surface area contributed by atoms with Gasteiger partial charge in [0.1, 0.15) is 12.5 Å². The summed E-state index contributed by atoms with van der Waals surface area (Å²) in [5.74, 6) is -1.74. The number of carboxylic acid groups (broad SMARTS) is 1. The fraction of sp³-hybridized carbons (Fsp3) is 0.259. The zero-order chi connectivity index (χ0) is 22.9. The first-order chi connectivity index (χ1) is 16.0. The van der Waals surface area contributed by atoms with Gasteiger partial charge in [-0.25, -0.2) is 4.79 Å². The van der Waals surface area contributed by atoms with Gasteiger partial charge < -0.3 is 14.7 Å². The molecule has 0 spiro atoms. The fourth-order valence-electron chi connectivity index (χ4n) is 5.24. The van der Waals surface area contributed by atoms with E-state index in [0.29, 0.717) is 18.5 Å². The highest BCUT2D eigenvalue weighted by atomic mass is 79.9. The number of amides is 1. The largest absolute Gasteiger partial charge is 0.481 e.